The molecule has 2 unspecified atom stereocenters. The minimum absolute atomic E-state index is 0.168. The second-order valence-electron chi connectivity index (χ2n) is 6.12. The van der Waals surface area contributed by atoms with E-state index in [1.54, 1.807) is 0 Å². The first kappa shape index (κ1) is 15.5. The molecule has 1 aliphatic carbocycles. The molecule has 0 bridgehead atoms. The van der Waals surface area contributed by atoms with E-state index in [2.05, 4.69) is 43.4 Å². The summed E-state index contributed by atoms with van der Waals surface area (Å²) in [5, 5.41) is 3.43. The molecule has 1 N–H and O–H groups in total. The second-order valence-corrected chi connectivity index (χ2v) is 8.44. The van der Waals surface area contributed by atoms with Crippen LogP contribution in [0, 0.1) is 6.92 Å². The molecule has 112 valence electrons. The van der Waals surface area contributed by atoms with Crippen LogP contribution in [0.2, 0.25) is 0 Å². The Kier molecular flexibility index (Phi) is 4.86. The van der Waals surface area contributed by atoms with Gasteiger partial charge in [0.05, 0.1) is 5.25 Å². The van der Waals surface area contributed by atoms with Gasteiger partial charge in [-0.3, -0.25) is 0 Å². The maximum absolute atomic E-state index is 11.7. The molecular formula is C16H25NO2S. The first-order chi connectivity index (χ1) is 9.36. The predicted octanol–water partition coefficient (Wildman–Crippen LogP) is 3.00. The van der Waals surface area contributed by atoms with Gasteiger partial charge in [-0.1, -0.05) is 36.2 Å². The molecule has 1 saturated carbocycles. The van der Waals surface area contributed by atoms with Crippen molar-refractivity contribution in [2.24, 2.45) is 0 Å². The molecule has 0 radical (unpaired) electrons. The van der Waals surface area contributed by atoms with E-state index in [1.807, 2.05) is 0 Å². The van der Waals surface area contributed by atoms with Gasteiger partial charge in [-0.2, -0.15) is 0 Å². The largest absolute Gasteiger partial charge is 0.307 e. The Balaban J connectivity index is 1.99. The molecule has 0 saturated heterocycles. The Labute approximate surface area is 122 Å². The van der Waals surface area contributed by atoms with E-state index in [1.165, 1.54) is 17.4 Å². The highest BCUT2D eigenvalue weighted by Gasteiger charge is 2.29. The molecule has 1 aromatic rings. The monoisotopic (exact) mass is 295 g/mol. The van der Waals surface area contributed by atoms with Crippen LogP contribution >= 0.6 is 0 Å². The van der Waals surface area contributed by atoms with Gasteiger partial charge < -0.3 is 5.32 Å². The molecule has 0 amide bonds. The van der Waals surface area contributed by atoms with E-state index in [0.717, 1.165) is 25.7 Å². The molecule has 1 fully saturated rings. The molecule has 4 heteroatoms. The van der Waals surface area contributed by atoms with Crippen LogP contribution in [0.25, 0.3) is 0 Å². The van der Waals surface area contributed by atoms with Crippen LogP contribution in [0.3, 0.4) is 0 Å². The smallest absolute Gasteiger partial charge is 0.150 e. The van der Waals surface area contributed by atoms with E-state index in [0.29, 0.717) is 6.04 Å². The summed E-state index contributed by atoms with van der Waals surface area (Å²) in [4.78, 5) is 0. The normalized spacial score (nSPS) is 25.4. The Morgan fingerprint density at radius 2 is 2.05 bits per heavy atom. The van der Waals surface area contributed by atoms with Gasteiger partial charge in [0.25, 0.3) is 0 Å². The standard InChI is InChI=1S/C16H25NO2S/c1-12-6-4-7-14(10-12)13(2)17-15-8-5-9-16(11-15)20(3,18)19/h4,6-7,10,13,15-17H,5,8-9,11H2,1-3H3/t13-,15?,16?/m0/s1. The third-order valence-corrected chi connectivity index (χ3v) is 5.90. The van der Waals surface area contributed by atoms with E-state index < -0.39 is 9.84 Å². The van der Waals surface area contributed by atoms with Crippen molar-refractivity contribution in [3.63, 3.8) is 0 Å². The van der Waals surface area contributed by atoms with Crippen molar-refractivity contribution in [1.29, 1.82) is 0 Å². The lowest BCUT2D eigenvalue weighted by Crippen LogP contribution is -2.39. The molecular weight excluding hydrogens is 270 g/mol. The zero-order valence-corrected chi connectivity index (χ0v) is 13.4. The van der Waals surface area contributed by atoms with Gasteiger partial charge in [0, 0.05) is 18.3 Å². The number of sulfone groups is 1. The van der Waals surface area contributed by atoms with Gasteiger partial charge in [0.2, 0.25) is 0 Å². The fourth-order valence-corrected chi connectivity index (χ4v) is 4.25. The predicted molar refractivity (Wildman–Crippen MR) is 83.6 cm³/mol. The van der Waals surface area contributed by atoms with Crippen molar-refractivity contribution < 1.29 is 8.42 Å². The number of nitrogens with one attached hydrogen (secondary N) is 1. The third kappa shape index (κ3) is 4.06. The van der Waals surface area contributed by atoms with Crippen molar-refractivity contribution in [1.82, 2.24) is 5.32 Å². The van der Waals surface area contributed by atoms with E-state index in [4.69, 9.17) is 0 Å². The number of hydrogen-bond acceptors (Lipinski definition) is 3. The van der Waals surface area contributed by atoms with Crippen LogP contribution < -0.4 is 5.32 Å². The van der Waals surface area contributed by atoms with Gasteiger partial charge in [-0.15, -0.1) is 0 Å². The fraction of sp³-hybridized carbons (Fsp3) is 0.625. The summed E-state index contributed by atoms with van der Waals surface area (Å²) in [5.41, 5.74) is 2.53. The van der Waals surface area contributed by atoms with Crippen LogP contribution in [0.15, 0.2) is 24.3 Å². The summed E-state index contributed by atoms with van der Waals surface area (Å²) in [6.45, 7) is 4.25. The quantitative estimate of drug-likeness (QED) is 0.929. The van der Waals surface area contributed by atoms with Crippen LogP contribution in [-0.4, -0.2) is 26.0 Å². The summed E-state index contributed by atoms with van der Waals surface area (Å²) < 4.78 is 23.4. The maximum atomic E-state index is 11.7. The van der Waals surface area contributed by atoms with Crippen LogP contribution in [0.5, 0.6) is 0 Å². The SMILES string of the molecule is Cc1cccc([C@H](C)NC2CCCC(S(C)(=O)=O)C2)c1. The first-order valence-electron chi connectivity index (χ1n) is 7.38. The molecule has 0 heterocycles. The van der Waals surface area contributed by atoms with Crippen molar-refractivity contribution in [3.8, 4) is 0 Å². The molecule has 1 aromatic carbocycles. The number of aryl methyl sites for hydroxylation is 1. The van der Waals surface area contributed by atoms with Gasteiger partial charge in [-0.25, -0.2) is 8.42 Å². The van der Waals surface area contributed by atoms with Gasteiger partial charge in [0.15, 0.2) is 0 Å². The number of hydrogen-bond donors (Lipinski definition) is 1. The zero-order valence-electron chi connectivity index (χ0n) is 12.6. The van der Waals surface area contributed by atoms with Crippen molar-refractivity contribution >= 4 is 9.84 Å². The summed E-state index contributed by atoms with van der Waals surface area (Å²) in [5.74, 6) is 0. The number of benzene rings is 1. The van der Waals surface area contributed by atoms with Gasteiger partial charge in [0.1, 0.15) is 9.84 Å². The number of rotatable bonds is 4. The summed E-state index contributed by atoms with van der Waals surface area (Å²) >= 11 is 0. The molecule has 3 nitrogen and oxygen atoms in total. The topological polar surface area (TPSA) is 46.2 Å². The van der Waals surface area contributed by atoms with E-state index in [-0.39, 0.29) is 11.3 Å². The van der Waals surface area contributed by atoms with Crippen molar-refractivity contribution in [3.05, 3.63) is 35.4 Å². The molecule has 20 heavy (non-hydrogen) atoms. The summed E-state index contributed by atoms with van der Waals surface area (Å²) in [7, 11) is -2.91. The average molecular weight is 295 g/mol. The molecule has 1 aliphatic rings. The fourth-order valence-electron chi connectivity index (χ4n) is 3.07. The van der Waals surface area contributed by atoms with Crippen LogP contribution in [-0.2, 0) is 9.84 Å². The average Bonchev–Trinajstić information content (AvgIpc) is 2.38. The lowest BCUT2D eigenvalue weighted by atomic mass is 9.93. The molecule has 0 aliphatic heterocycles. The van der Waals surface area contributed by atoms with E-state index >= 15 is 0 Å². The van der Waals surface area contributed by atoms with Crippen LogP contribution in [0.4, 0.5) is 0 Å². The third-order valence-electron chi connectivity index (χ3n) is 4.26. The Bertz CT molecular complexity index is 553. The van der Waals surface area contributed by atoms with Crippen molar-refractivity contribution in [2.45, 2.75) is 56.9 Å². The molecule has 3 atom stereocenters. The Morgan fingerprint density at radius 3 is 2.70 bits per heavy atom. The highest BCUT2D eigenvalue weighted by atomic mass is 32.2. The maximum Gasteiger partial charge on any atom is 0.150 e. The highest BCUT2D eigenvalue weighted by Crippen LogP contribution is 2.26. The molecule has 0 spiro atoms. The van der Waals surface area contributed by atoms with Gasteiger partial charge in [-0.05, 0) is 38.7 Å². The lowest BCUT2D eigenvalue weighted by molar-refractivity contribution is 0.346. The first-order valence-corrected chi connectivity index (χ1v) is 9.33. The minimum Gasteiger partial charge on any atom is -0.307 e. The highest BCUT2D eigenvalue weighted by molar-refractivity contribution is 7.91. The van der Waals surface area contributed by atoms with Crippen molar-refractivity contribution in [2.75, 3.05) is 6.26 Å². The Hall–Kier alpha value is -0.870. The second kappa shape index (κ2) is 6.27. The summed E-state index contributed by atoms with van der Waals surface area (Å²) in [6.07, 6.45) is 4.99. The Morgan fingerprint density at radius 1 is 1.30 bits per heavy atom. The zero-order chi connectivity index (χ0) is 14.8. The molecule has 0 aromatic heterocycles. The van der Waals surface area contributed by atoms with Gasteiger partial charge >= 0.3 is 0 Å². The lowest BCUT2D eigenvalue weighted by Gasteiger charge is -2.31. The molecule has 2 rings (SSSR count). The van der Waals surface area contributed by atoms with Crippen LogP contribution in [0.1, 0.15) is 49.8 Å². The van der Waals surface area contributed by atoms with E-state index in [9.17, 15) is 8.42 Å². The minimum atomic E-state index is -2.91. The summed E-state index contributed by atoms with van der Waals surface area (Å²) in [6, 6.07) is 9.05.